The number of hydrogen-bond acceptors (Lipinski definition) is 5. The zero-order chi connectivity index (χ0) is 9.26. The Labute approximate surface area is 87.0 Å². The number of thiophene rings is 1. The molecule has 2 N–H and O–H groups in total. The van der Waals surface area contributed by atoms with Crippen molar-refractivity contribution in [2.75, 3.05) is 5.73 Å². The summed E-state index contributed by atoms with van der Waals surface area (Å²) >= 11 is 4.94. The molecule has 0 aliphatic heterocycles. The normalized spacial score (nSPS) is 10.2. The van der Waals surface area contributed by atoms with Crippen LogP contribution < -0.4 is 5.73 Å². The van der Waals surface area contributed by atoms with Gasteiger partial charge in [-0.25, -0.2) is 4.98 Å². The van der Waals surface area contributed by atoms with Gasteiger partial charge in [0, 0.05) is 9.85 Å². The molecule has 0 aromatic carbocycles. The molecule has 2 rings (SSSR count). The first-order chi connectivity index (χ1) is 6.25. The quantitative estimate of drug-likeness (QED) is 0.847. The van der Waals surface area contributed by atoms with Crippen LogP contribution in [0.5, 0.6) is 0 Å². The molecule has 2 heterocycles. The predicted molar refractivity (Wildman–Crippen MR) is 55.3 cm³/mol. The zero-order valence-electron chi connectivity index (χ0n) is 6.44. The number of nitrogens with two attached hydrogens (primary N) is 1. The lowest BCUT2D eigenvalue weighted by atomic mass is 10.4. The molecule has 66 valence electrons. The molecule has 0 aliphatic rings. The highest BCUT2D eigenvalue weighted by Gasteiger charge is 2.03. The van der Waals surface area contributed by atoms with Crippen molar-refractivity contribution in [2.45, 2.75) is 0 Å². The number of hydrogen-bond donors (Lipinski definition) is 1. The fraction of sp³-hybridized carbons (Fsp3) is 0. The Bertz CT molecular complexity index is 428. The molecular weight excluding hydrogens is 252 g/mol. The summed E-state index contributed by atoms with van der Waals surface area (Å²) in [5, 5.41) is 9.29. The van der Waals surface area contributed by atoms with Gasteiger partial charge in [0.15, 0.2) is 0 Å². The summed E-state index contributed by atoms with van der Waals surface area (Å²) in [7, 11) is 0. The van der Waals surface area contributed by atoms with E-state index in [1.54, 1.807) is 17.5 Å². The van der Waals surface area contributed by atoms with Crippen molar-refractivity contribution < 1.29 is 0 Å². The maximum Gasteiger partial charge on any atom is 0.240 e. The van der Waals surface area contributed by atoms with Gasteiger partial charge in [-0.3, -0.25) is 0 Å². The number of rotatable bonds is 1. The Morgan fingerprint density at radius 1 is 1.46 bits per heavy atom. The summed E-state index contributed by atoms with van der Waals surface area (Å²) in [6.07, 6.45) is 1.59. The van der Waals surface area contributed by atoms with Gasteiger partial charge in [-0.15, -0.1) is 16.4 Å². The van der Waals surface area contributed by atoms with Crippen molar-refractivity contribution in [3.63, 3.8) is 0 Å². The molecule has 0 spiro atoms. The van der Waals surface area contributed by atoms with Gasteiger partial charge < -0.3 is 5.73 Å². The van der Waals surface area contributed by atoms with Crippen LogP contribution in [0, 0.1) is 0 Å². The summed E-state index contributed by atoms with van der Waals surface area (Å²) in [4.78, 5) is 5.07. The van der Waals surface area contributed by atoms with E-state index < -0.39 is 0 Å². The molecule has 0 saturated carbocycles. The van der Waals surface area contributed by atoms with E-state index in [2.05, 4.69) is 31.1 Å². The molecule has 0 fully saturated rings. The minimum absolute atomic E-state index is 0.196. The van der Waals surface area contributed by atoms with Crippen LogP contribution in [0.25, 0.3) is 10.6 Å². The van der Waals surface area contributed by atoms with E-state index in [0.717, 1.165) is 15.0 Å². The topological polar surface area (TPSA) is 64.7 Å². The second kappa shape index (κ2) is 3.39. The monoisotopic (exact) mass is 256 g/mol. The molecule has 2 aromatic rings. The van der Waals surface area contributed by atoms with E-state index in [1.807, 2.05) is 11.4 Å². The van der Waals surface area contributed by atoms with Crippen LogP contribution in [-0.2, 0) is 0 Å². The highest BCUT2D eigenvalue weighted by Crippen LogP contribution is 2.27. The number of nitrogen functional groups attached to an aromatic ring is 1. The minimum Gasteiger partial charge on any atom is -0.366 e. The summed E-state index contributed by atoms with van der Waals surface area (Å²) in [6, 6.07) is 1.97. The van der Waals surface area contributed by atoms with Crippen LogP contribution in [0.3, 0.4) is 0 Å². The number of aromatic nitrogens is 3. The number of halogens is 1. The van der Waals surface area contributed by atoms with Crippen LogP contribution in [0.2, 0.25) is 0 Å². The van der Waals surface area contributed by atoms with E-state index in [9.17, 15) is 0 Å². The summed E-state index contributed by atoms with van der Waals surface area (Å²) in [6.45, 7) is 0. The fourth-order valence-corrected chi connectivity index (χ4v) is 2.27. The van der Waals surface area contributed by atoms with Gasteiger partial charge in [-0.05, 0) is 22.0 Å². The van der Waals surface area contributed by atoms with Crippen molar-refractivity contribution in [3.8, 4) is 10.6 Å². The van der Waals surface area contributed by atoms with Gasteiger partial charge in [-0.2, -0.15) is 5.10 Å². The lowest BCUT2D eigenvalue weighted by Gasteiger charge is -1.94. The van der Waals surface area contributed by atoms with Crippen molar-refractivity contribution in [1.82, 2.24) is 15.2 Å². The van der Waals surface area contributed by atoms with Crippen molar-refractivity contribution in [3.05, 3.63) is 22.1 Å². The van der Waals surface area contributed by atoms with Gasteiger partial charge in [0.05, 0.1) is 11.1 Å². The van der Waals surface area contributed by atoms with E-state index in [4.69, 9.17) is 5.73 Å². The van der Waals surface area contributed by atoms with Gasteiger partial charge in [0.1, 0.15) is 5.69 Å². The molecule has 13 heavy (non-hydrogen) atoms. The smallest absolute Gasteiger partial charge is 0.240 e. The maximum absolute atomic E-state index is 5.41. The first-order valence-corrected chi connectivity index (χ1v) is 5.12. The fourth-order valence-electron chi connectivity index (χ4n) is 0.883. The molecule has 0 unspecified atom stereocenters. The Morgan fingerprint density at radius 3 is 2.92 bits per heavy atom. The van der Waals surface area contributed by atoms with Crippen LogP contribution in [-0.4, -0.2) is 15.2 Å². The van der Waals surface area contributed by atoms with Gasteiger partial charge >= 0.3 is 0 Å². The molecule has 0 saturated heterocycles. The van der Waals surface area contributed by atoms with E-state index in [-0.39, 0.29) is 5.95 Å². The zero-order valence-corrected chi connectivity index (χ0v) is 8.84. The molecule has 2 aromatic heterocycles. The van der Waals surface area contributed by atoms with E-state index in [1.165, 1.54) is 0 Å². The minimum atomic E-state index is 0.196. The van der Waals surface area contributed by atoms with Gasteiger partial charge in [0.2, 0.25) is 5.95 Å². The third-order valence-corrected chi connectivity index (χ3v) is 3.11. The SMILES string of the molecule is Nc1nncc(-c2cc(Br)cs2)n1. The molecule has 6 heteroatoms. The van der Waals surface area contributed by atoms with Crippen molar-refractivity contribution in [2.24, 2.45) is 0 Å². The number of anilines is 1. The van der Waals surface area contributed by atoms with Crippen molar-refractivity contribution >= 4 is 33.2 Å². The Hall–Kier alpha value is -1.01. The highest BCUT2D eigenvalue weighted by molar-refractivity contribution is 9.10. The first-order valence-electron chi connectivity index (χ1n) is 3.45. The molecule has 0 amide bonds. The van der Waals surface area contributed by atoms with Crippen molar-refractivity contribution in [1.29, 1.82) is 0 Å². The summed E-state index contributed by atoms with van der Waals surface area (Å²) < 4.78 is 1.03. The molecule has 0 radical (unpaired) electrons. The van der Waals surface area contributed by atoms with Crippen LogP contribution in [0.4, 0.5) is 5.95 Å². The number of nitrogens with zero attached hydrogens (tertiary/aromatic N) is 3. The molecular formula is C7H5BrN4S. The molecule has 0 aliphatic carbocycles. The van der Waals surface area contributed by atoms with Crippen LogP contribution in [0.15, 0.2) is 22.1 Å². The third kappa shape index (κ3) is 1.84. The molecule has 0 bridgehead atoms. The van der Waals surface area contributed by atoms with E-state index >= 15 is 0 Å². The Morgan fingerprint density at radius 2 is 2.31 bits per heavy atom. The highest BCUT2D eigenvalue weighted by atomic mass is 79.9. The van der Waals surface area contributed by atoms with Crippen LogP contribution in [0.1, 0.15) is 0 Å². The summed E-state index contributed by atoms with van der Waals surface area (Å²) in [5.41, 5.74) is 6.16. The second-order valence-corrected chi connectivity index (χ2v) is 4.16. The largest absolute Gasteiger partial charge is 0.366 e. The predicted octanol–water partition coefficient (Wildman–Crippen LogP) is 1.94. The lowest BCUT2D eigenvalue weighted by molar-refractivity contribution is 0.992. The standard InChI is InChI=1S/C7H5BrN4S/c8-4-1-6(13-3-4)5-2-10-12-7(9)11-5/h1-3H,(H2,9,11,12). The second-order valence-electron chi connectivity index (χ2n) is 2.33. The van der Waals surface area contributed by atoms with Gasteiger partial charge in [0.25, 0.3) is 0 Å². The van der Waals surface area contributed by atoms with E-state index in [0.29, 0.717) is 0 Å². The summed E-state index contributed by atoms with van der Waals surface area (Å²) in [5.74, 6) is 0.196. The van der Waals surface area contributed by atoms with Crippen LogP contribution >= 0.6 is 27.3 Å². The average Bonchev–Trinajstić information content (AvgIpc) is 2.52. The average molecular weight is 257 g/mol. The Balaban J connectivity index is 2.46. The Kier molecular flexibility index (Phi) is 2.24. The molecule has 0 atom stereocenters. The van der Waals surface area contributed by atoms with Gasteiger partial charge in [-0.1, -0.05) is 0 Å². The maximum atomic E-state index is 5.41. The lowest BCUT2D eigenvalue weighted by Crippen LogP contribution is -1.97. The third-order valence-electron chi connectivity index (χ3n) is 1.40. The molecule has 4 nitrogen and oxygen atoms in total. The first kappa shape index (κ1) is 8.58.